The van der Waals surface area contributed by atoms with Crippen LogP contribution in [0.2, 0.25) is 0 Å². The minimum Gasteiger partial charge on any atom is -0.354 e. The van der Waals surface area contributed by atoms with Crippen molar-refractivity contribution in [3.63, 3.8) is 0 Å². The third-order valence-electron chi connectivity index (χ3n) is 4.73. The second kappa shape index (κ2) is 8.79. The van der Waals surface area contributed by atoms with Crippen LogP contribution in [0.4, 0.5) is 0 Å². The maximum Gasteiger partial charge on any atom is 0.254 e. The number of likely N-dealkylation sites (tertiary alicyclic amines) is 1. The highest BCUT2D eigenvalue weighted by Crippen LogP contribution is 2.20. The number of nitrogens with one attached hydrogen (secondary N) is 1. The van der Waals surface area contributed by atoms with Gasteiger partial charge in [0, 0.05) is 31.0 Å². The van der Waals surface area contributed by atoms with Gasteiger partial charge in [-0.2, -0.15) is 4.98 Å². The van der Waals surface area contributed by atoms with Crippen molar-refractivity contribution < 1.29 is 14.1 Å². The van der Waals surface area contributed by atoms with Crippen molar-refractivity contribution in [1.82, 2.24) is 20.4 Å². The first-order valence-corrected chi connectivity index (χ1v) is 9.52. The Bertz CT molecular complexity index is 773. The highest BCUT2D eigenvalue weighted by Gasteiger charge is 2.32. The number of aromatic nitrogens is 2. The summed E-state index contributed by atoms with van der Waals surface area (Å²) in [7, 11) is 0. The zero-order valence-electron chi connectivity index (χ0n) is 15.9. The maximum atomic E-state index is 12.8. The lowest BCUT2D eigenvalue weighted by Crippen LogP contribution is -2.52. The lowest BCUT2D eigenvalue weighted by molar-refractivity contribution is -0.126. The van der Waals surface area contributed by atoms with Crippen molar-refractivity contribution in [3.8, 4) is 0 Å². The number of piperidine rings is 1. The Morgan fingerprint density at radius 1 is 1.26 bits per heavy atom. The van der Waals surface area contributed by atoms with Crippen molar-refractivity contribution in [2.75, 3.05) is 13.1 Å². The summed E-state index contributed by atoms with van der Waals surface area (Å²) in [6.45, 7) is 5.01. The predicted octanol–water partition coefficient (Wildman–Crippen LogP) is 2.55. The Labute approximate surface area is 159 Å². The van der Waals surface area contributed by atoms with E-state index in [1.54, 1.807) is 17.0 Å². The van der Waals surface area contributed by atoms with E-state index in [0.717, 1.165) is 12.8 Å². The summed E-state index contributed by atoms with van der Waals surface area (Å²) in [4.78, 5) is 31.5. The molecule has 144 valence electrons. The number of nitrogens with zero attached hydrogens (tertiary/aromatic N) is 3. The number of benzene rings is 1. The second-order valence-corrected chi connectivity index (χ2v) is 7.12. The van der Waals surface area contributed by atoms with E-state index < -0.39 is 6.04 Å². The van der Waals surface area contributed by atoms with E-state index in [1.807, 2.05) is 32.0 Å². The Morgan fingerprint density at radius 3 is 2.74 bits per heavy atom. The summed E-state index contributed by atoms with van der Waals surface area (Å²) in [6, 6.07) is 8.69. The average molecular weight is 370 g/mol. The van der Waals surface area contributed by atoms with Crippen LogP contribution in [-0.2, 0) is 11.2 Å². The fourth-order valence-electron chi connectivity index (χ4n) is 3.21. The Hall–Kier alpha value is -2.70. The van der Waals surface area contributed by atoms with Crippen LogP contribution in [0.15, 0.2) is 34.9 Å². The summed E-state index contributed by atoms with van der Waals surface area (Å²) < 4.78 is 5.19. The van der Waals surface area contributed by atoms with Gasteiger partial charge in [-0.3, -0.25) is 9.59 Å². The van der Waals surface area contributed by atoms with Gasteiger partial charge in [0.15, 0.2) is 5.82 Å². The van der Waals surface area contributed by atoms with Crippen molar-refractivity contribution in [3.05, 3.63) is 47.6 Å². The number of rotatable bonds is 6. The van der Waals surface area contributed by atoms with Crippen molar-refractivity contribution in [1.29, 1.82) is 0 Å². The second-order valence-electron chi connectivity index (χ2n) is 7.12. The summed E-state index contributed by atoms with van der Waals surface area (Å²) in [5.41, 5.74) is 0.615. The van der Waals surface area contributed by atoms with E-state index in [4.69, 9.17) is 4.52 Å². The molecule has 3 rings (SSSR count). The SMILES string of the molecule is CC(C)c1noc(CCNC(=O)C2CCCCN2C(=O)c2ccccc2)n1. The highest BCUT2D eigenvalue weighted by atomic mass is 16.5. The lowest BCUT2D eigenvalue weighted by Gasteiger charge is -2.34. The quantitative estimate of drug-likeness (QED) is 0.844. The van der Waals surface area contributed by atoms with Gasteiger partial charge >= 0.3 is 0 Å². The Kier molecular flexibility index (Phi) is 6.21. The van der Waals surface area contributed by atoms with E-state index >= 15 is 0 Å². The summed E-state index contributed by atoms with van der Waals surface area (Å²) >= 11 is 0. The minimum absolute atomic E-state index is 0.0890. The molecule has 1 aliphatic rings. The molecule has 0 radical (unpaired) electrons. The van der Waals surface area contributed by atoms with Crippen molar-refractivity contribution in [2.24, 2.45) is 0 Å². The van der Waals surface area contributed by atoms with Gasteiger partial charge < -0.3 is 14.7 Å². The Balaban J connectivity index is 1.57. The first kappa shape index (κ1) is 19.1. The molecule has 0 spiro atoms. The molecule has 0 saturated carbocycles. The van der Waals surface area contributed by atoms with Gasteiger partial charge in [-0.1, -0.05) is 37.2 Å². The molecule has 2 heterocycles. The maximum absolute atomic E-state index is 12.8. The van der Waals surface area contributed by atoms with Gasteiger partial charge in [0.25, 0.3) is 5.91 Å². The van der Waals surface area contributed by atoms with Gasteiger partial charge in [-0.05, 0) is 31.4 Å². The summed E-state index contributed by atoms with van der Waals surface area (Å²) in [6.07, 6.45) is 3.02. The summed E-state index contributed by atoms with van der Waals surface area (Å²) in [5.74, 6) is 1.18. The monoisotopic (exact) mass is 370 g/mol. The molecule has 1 aromatic carbocycles. The van der Waals surface area contributed by atoms with Crippen LogP contribution in [0.25, 0.3) is 0 Å². The van der Waals surface area contributed by atoms with Gasteiger partial charge in [0.1, 0.15) is 6.04 Å². The van der Waals surface area contributed by atoms with Crippen LogP contribution in [-0.4, -0.2) is 46.0 Å². The fourth-order valence-corrected chi connectivity index (χ4v) is 3.21. The third kappa shape index (κ3) is 4.72. The number of hydrogen-bond donors (Lipinski definition) is 1. The summed E-state index contributed by atoms with van der Waals surface area (Å²) in [5, 5.41) is 6.84. The molecule has 7 heteroatoms. The molecule has 0 bridgehead atoms. The molecule has 1 unspecified atom stereocenters. The zero-order chi connectivity index (χ0) is 19.2. The van der Waals surface area contributed by atoms with Crippen LogP contribution in [0.1, 0.15) is 61.1 Å². The van der Waals surface area contributed by atoms with Crippen LogP contribution in [0.5, 0.6) is 0 Å². The van der Waals surface area contributed by atoms with E-state index in [1.165, 1.54) is 0 Å². The van der Waals surface area contributed by atoms with Gasteiger partial charge in [-0.15, -0.1) is 0 Å². The third-order valence-corrected chi connectivity index (χ3v) is 4.73. The normalized spacial score (nSPS) is 17.1. The molecule has 7 nitrogen and oxygen atoms in total. The average Bonchev–Trinajstić information content (AvgIpc) is 3.17. The smallest absolute Gasteiger partial charge is 0.254 e. The fraction of sp³-hybridized carbons (Fsp3) is 0.500. The molecule has 2 amide bonds. The molecule has 1 fully saturated rings. The highest BCUT2D eigenvalue weighted by molar-refractivity contribution is 5.97. The number of amides is 2. The van der Waals surface area contributed by atoms with Crippen LogP contribution < -0.4 is 5.32 Å². The predicted molar refractivity (Wildman–Crippen MR) is 100 cm³/mol. The molecule has 2 aromatic rings. The topological polar surface area (TPSA) is 88.3 Å². The Morgan fingerprint density at radius 2 is 2.04 bits per heavy atom. The van der Waals surface area contributed by atoms with Crippen molar-refractivity contribution in [2.45, 2.75) is 51.5 Å². The number of carbonyl (C=O) groups is 2. The lowest BCUT2D eigenvalue weighted by atomic mass is 10.00. The van der Waals surface area contributed by atoms with E-state index in [9.17, 15) is 9.59 Å². The van der Waals surface area contributed by atoms with Gasteiger partial charge in [0.2, 0.25) is 11.8 Å². The van der Waals surface area contributed by atoms with Crippen LogP contribution in [0.3, 0.4) is 0 Å². The molecule has 0 aliphatic carbocycles. The molecule has 1 aliphatic heterocycles. The standard InChI is InChI=1S/C20H26N4O3/c1-14(2)18-22-17(27-23-18)11-12-21-19(25)16-10-6-7-13-24(16)20(26)15-8-4-3-5-9-15/h3-5,8-9,14,16H,6-7,10-13H2,1-2H3,(H,21,25). The molecule has 1 saturated heterocycles. The molecule has 27 heavy (non-hydrogen) atoms. The molecule has 1 N–H and O–H groups in total. The van der Waals surface area contributed by atoms with E-state index in [0.29, 0.717) is 43.2 Å². The first-order valence-electron chi connectivity index (χ1n) is 9.52. The zero-order valence-corrected chi connectivity index (χ0v) is 15.9. The minimum atomic E-state index is -0.430. The molecular formula is C20H26N4O3. The van der Waals surface area contributed by atoms with Gasteiger partial charge in [-0.25, -0.2) is 0 Å². The van der Waals surface area contributed by atoms with E-state index in [2.05, 4.69) is 15.5 Å². The molecular weight excluding hydrogens is 344 g/mol. The first-order chi connectivity index (χ1) is 13.1. The van der Waals surface area contributed by atoms with Crippen molar-refractivity contribution >= 4 is 11.8 Å². The van der Waals surface area contributed by atoms with E-state index in [-0.39, 0.29) is 17.7 Å². The molecule has 1 atom stereocenters. The van der Waals surface area contributed by atoms with Gasteiger partial charge in [0.05, 0.1) is 0 Å². The largest absolute Gasteiger partial charge is 0.354 e. The number of carbonyl (C=O) groups excluding carboxylic acids is 2. The molecule has 1 aromatic heterocycles. The number of hydrogen-bond acceptors (Lipinski definition) is 5. The van der Waals surface area contributed by atoms with Crippen LogP contribution >= 0.6 is 0 Å². The van der Waals surface area contributed by atoms with Crippen LogP contribution in [0, 0.1) is 0 Å².